The third-order valence-corrected chi connectivity index (χ3v) is 3.51. The van der Waals surface area contributed by atoms with Crippen molar-refractivity contribution in [3.63, 3.8) is 0 Å². The number of hydrogen-bond donors (Lipinski definition) is 0. The van der Waals surface area contributed by atoms with E-state index in [9.17, 15) is 4.79 Å². The van der Waals surface area contributed by atoms with E-state index < -0.39 is 0 Å². The molecule has 0 aliphatic heterocycles. The minimum absolute atomic E-state index is 0.0155. The first-order valence-corrected chi connectivity index (χ1v) is 7.16. The number of likely N-dealkylation sites (N-methyl/N-ethyl adjacent to an activating group) is 1. The average Bonchev–Trinajstić information content (AvgIpc) is 2.55. The van der Waals surface area contributed by atoms with E-state index in [2.05, 4.69) is 4.98 Å². The molecule has 2 aromatic carbocycles. The van der Waals surface area contributed by atoms with E-state index in [0.717, 1.165) is 22.3 Å². The first-order chi connectivity index (χ1) is 10.6. The van der Waals surface area contributed by atoms with Crippen molar-refractivity contribution < 1.29 is 4.79 Å². The summed E-state index contributed by atoms with van der Waals surface area (Å²) in [7, 11) is 3.50. The number of rotatable bonds is 3. The lowest BCUT2D eigenvalue weighted by atomic mass is 10.1. The van der Waals surface area contributed by atoms with Crippen LogP contribution < -0.4 is 0 Å². The minimum atomic E-state index is 0.0155. The monoisotopic (exact) mass is 291 g/mol. The third-order valence-electron chi connectivity index (χ3n) is 3.51. The lowest BCUT2D eigenvalue weighted by Gasteiger charge is -2.13. The maximum atomic E-state index is 12.1. The van der Waals surface area contributed by atoms with Gasteiger partial charge in [-0.25, -0.2) is 9.97 Å². The number of fused-ring (bicyclic) bond motifs is 1. The summed E-state index contributed by atoms with van der Waals surface area (Å²) >= 11 is 0. The summed E-state index contributed by atoms with van der Waals surface area (Å²) in [5, 5.41) is 0. The van der Waals surface area contributed by atoms with Crippen LogP contribution >= 0.6 is 0 Å². The summed E-state index contributed by atoms with van der Waals surface area (Å²) in [5.41, 5.74) is 4.10. The molecule has 0 atom stereocenters. The topological polar surface area (TPSA) is 46.1 Å². The SMILES string of the molecule is CN(C)C(=O)Cc1nc2ccccc2nc1-c1ccccc1. The van der Waals surface area contributed by atoms with Crippen LogP contribution in [-0.2, 0) is 11.2 Å². The van der Waals surface area contributed by atoms with E-state index in [-0.39, 0.29) is 12.3 Å². The molecule has 1 aromatic heterocycles. The number of para-hydroxylation sites is 2. The molecule has 0 aliphatic carbocycles. The van der Waals surface area contributed by atoms with Gasteiger partial charge < -0.3 is 4.90 Å². The Hall–Kier alpha value is -2.75. The van der Waals surface area contributed by atoms with Crippen molar-refractivity contribution in [1.29, 1.82) is 0 Å². The highest BCUT2D eigenvalue weighted by Crippen LogP contribution is 2.23. The van der Waals surface area contributed by atoms with Gasteiger partial charge in [0.2, 0.25) is 5.91 Å². The van der Waals surface area contributed by atoms with Gasteiger partial charge in [-0.1, -0.05) is 42.5 Å². The Morgan fingerprint density at radius 3 is 2.14 bits per heavy atom. The van der Waals surface area contributed by atoms with Crippen LogP contribution in [-0.4, -0.2) is 34.9 Å². The second kappa shape index (κ2) is 5.93. The molecule has 3 rings (SSSR count). The van der Waals surface area contributed by atoms with Crippen LogP contribution in [0.2, 0.25) is 0 Å². The summed E-state index contributed by atoms with van der Waals surface area (Å²) < 4.78 is 0. The highest BCUT2D eigenvalue weighted by Gasteiger charge is 2.15. The molecular weight excluding hydrogens is 274 g/mol. The van der Waals surface area contributed by atoms with Gasteiger partial charge in [0, 0.05) is 19.7 Å². The quantitative estimate of drug-likeness (QED) is 0.745. The summed E-state index contributed by atoms with van der Waals surface area (Å²) in [6.07, 6.45) is 0.245. The molecule has 0 spiro atoms. The van der Waals surface area contributed by atoms with Crippen LogP contribution in [0.25, 0.3) is 22.3 Å². The number of hydrogen-bond acceptors (Lipinski definition) is 3. The first kappa shape index (κ1) is 14.2. The zero-order valence-electron chi connectivity index (χ0n) is 12.7. The van der Waals surface area contributed by atoms with Crippen molar-refractivity contribution >= 4 is 16.9 Å². The minimum Gasteiger partial charge on any atom is -0.348 e. The van der Waals surface area contributed by atoms with Crippen LogP contribution in [0.4, 0.5) is 0 Å². The van der Waals surface area contributed by atoms with Gasteiger partial charge >= 0.3 is 0 Å². The molecule has 0 fully saturated rings. The van der Waals surface area contributed by atoms with Gasteiger partial charge in [-0.05, 0) is 12.1 Å². The molecule has 0 radical (unpaired) electrons. The van der Waals surface area contributed by atoms with Crippen molar-refractivity contribution in [2.45, 2.75) is 6.42 Å². The fourth-order valence-electron chi connectivity index (χ4n) is 2.29. The molecule has 22 heavy (non-hydrogen) atoms. The number of benzene rings is 2. The van der Waals surface area contributed by atoms with Crippen LogP contribution in [0, 0.1) is 0 Å². The molecule has 1 amide bonds. The van der Waals surface area contributed by atoms with E-state index in [1.54, 1.807) is 19.0 Å². The predicted molar refractivity (Wildman–Crippen MR) is 87.4 cm³/mol. The first-order valence-electron chi connectivity index (χ1n) is 7.16. The Labute approximate surface area is 129 Å². The largest absolute Gasteiger partial charge is 0.348 e. The summed E-state index contributed by atoms with van der Waals surface area (Å²) in [4.78, 5) is 23.1. The van der Waals surface area contributed by atoms with Crippen molar-refractivity contribution in [2.75, 3.05) is 14.1 Å². The van der Waals surface area contributed by atoms with Crippen molar-refractivity contribution in [2.24, 2.45) is 0 Å². The van der Waals surface area contributed by atoms with Crippen LogP contribution in [0.5, 0.6) is 0 Å². The molecule has 0 unspecified atom stereocenters. The number of nitrogens with zero attached hydrogens (tertiary/aromatic N) is 3. The molecule has 1 heterocycles. The summed E-state index contributed by atoms with van der Waals surface area (Å²) in [6, 6.07) is 17.6. The van der Waals surface area contributed by atoms with Gasteiger partial charge in [0.05, 0.1) is 28.8 Å². The number of aromatic nitrogens is 2. The van der Waals surface area contributed by atoms with E-state index >= 15 is 0 Å². The molecular formula is C18H17N3O. The highest BCUT2D eigenvalue weighted by molar-refractivity contribution is 5.83. The third kappa shape index (κ3) is 2.81. The molecule has 0 saturated heterocycles. The average molecular weight is 291 g/mol. The van der Waals surface area contributed by atoms with Gasteiger partial charge in [-0.15, -0.1) is 0 Å². The zero-order chi connectivity index (χ0) is 15.5. The molecule has 110 valence electrons. The molecule has 0 bridgehead atoms. The maximum absolute atomic E-state index is 12.1. The molecule has 0 aliphatic rings. The Balaban J connectivity index is 2.16. The second-order valence-electron chi connectivity index (χ2n) is 5.34. The molecule has 0 N–H and O–H groups in total. The molecule has 3 aromatic rings. The number of carbonyl (C=O) groups is 1. The fraction of sp³-hybridized carbons (Fsp3) is 0.167. The van der Waals surface area contributed by atoms with Gasteiger partial charge in [0.1, 0.15) is 0 Å². The van der Waals surface area contributed by atoms with Crippen molar-refractivity contribution in [3.8, 4) is 11.3 Å². The van der Waals surface area contributed by atoms with Crippen LogP contribution in [0.3, 0.4) is 0 Å². The molecule has 0 saturated carbocycles. The van der Waals surface area contributed by atoms with Crippen molar-refractivity contribution in [1.82, 2.24) is 14.9 Å². The van der Waals surface area contributed by atoms with E-state index in [0.29, 0.717) is 5.69 Å². The van der Waals surface area contributed by atoms with E-state index in [4.69, 9.17) is 4.98 Å². The number of carbonyl (C=O) groups excluding carboxylic acids is 1. The lowest BCUT2D eigenvalue weighted by molar-refractivity contribution is -0.128. The Kier molecular flexibility index (Phi) is 3.83. The second-order valence-corrected chi connectivity index (χ2v) is 5.34. The predicted octanol–water partition coefficient (Wildman–Crippen LogP) is 2.93. The number of amides is 1. The fourth-order valence-corrected chi connectivity index (χ4v) is 2.29. The van der Waals surface area contributed by atoms with Crippen molar-refractivity contribution in [3.05, 3.63) is 60.3 Å². The molecule has 4 heteroatoms. The highest BCUT2D eigenvalue weighted by atomic mass is 16.2. The van der Waals surface area contributed by atoms with Crippen LogP contribution in [0.1, 0.15) is 5.69 Å². The van der Waals surface area contributed by atoms with Gasteiger partial charge in [-0.2, -0.15) is 0 Å². The van der Waals surface area contributed by atoms with E-state index in [1.807, 2.05) is 54.6 Å². The Morgan fingerprint density at radius 1 is 0.909 bits per heavy atom. The van der Waals surface area contributed by atoms with Gasteiger partial charge in [-0.3, -0.25) is 4.79 Å². The summed E-state index contributed by atoms with van der Waals surface area (Å²) in [6.45, 7) is 0. The van der Waals surface area contributed by atoms with Gasteiger partial charge in [0.25, 0.3) is 0 Å². The summed E-state index contributed by atoms with van der Waals surface area (Å²) in [5.74, 6) is 0.0155. The normalized spacial score (nSPS) is 10.6. The maximum Gasteiger partial charge on any atom is 0.228 e. The van der Waals surface area contributed by atoms with E-state index in [1.165, 1.54) is 0 Å². The smallest absolute Gasteiger partial charge is 0.228 e. The lowest BCUT2D eigenvalue weighted by Crippen LogP contribution is -2.24. The Bertz CT molecular complexity index is 813. The standard InChI is InChI=1S/C18H17N3O/c1-21(2)17(22)12-16-18(13-8-4-3-5-9-13)20-15-11-7-6-10-14(15)19-16/h3-11H,12H2,1-2H3. The zero-order valence-corrected chi connectivity index (χ0v) is 12.7. The van der Waals surface area contributed by atoms with Gasteiger partial charge in [0.15, 0.2) is 0 Å². The molecule has 4 nitrogen and oxygen atoms in total. The van der Waals surface area contributed by atoms with Crippen LogP contribution in [0.15, 0.2) is 54.6 Å². The Morgan fingerprint density at radius 2 is 1.50 bits per heavy atom.